The van der Waals surface area contributed by atoms with E-state index in [0.717, 1.165) is 51.7 Å². The Balaban J connectivity index is 1.65. The standard InChI is InChI=1S/C23H42N6O/c1-5-28-14-16-29(17-15-28)20-22-9-7-21(8-10-22)19-26-23(24-2)25-11-13-27(3)12-6-18-30-4/h7-10H,5-6,11-20H2,1-4H3,(H2,24,25,26). The molecule has 1 aliphatic rings. The molecule has 7 heteroatoms. The lowest BCUT2D eigenvalue weighted by atomic mass is 10.1. The monoisotopic (exact) mass is 418 g/mol. The third kappa shape index (κ3) is 9.43. The van der Waals surface area contributed by atoms with E-state index >= 15 is 0 Å². The molecule has 0 radical (unpaired) electrons. The SMILES string of the molecule is CCN1CCN(Cc2ccc(CNC(=NC)NCCN(C)CCCOC)cc2)CC1. The second-order valence-electron chi connectivity index (χ2n) is 8.03. The molecule has 1 aromatic rings. The number of ether oxygens (including phenoxy) is 1. The van der Waals surface area contributed by atoms with Crippen LogP contribution in [0.2, 0.25) is 0 Å². The molecule has 0 spiro atoms. The zero-order valence-corrected chi connectivity index (χ0v) is 19.5. The van der Waals surface area contributed by atoms with Gasteiger partial charge in [-0.3, -0.25) is 9.89 Å². The zero-order chi connectivity index (χ0) is 21.6. The molecule has 1 saturated heterocycles. The molecular formula is C23H42N6O. The van der Waals surface area contributed by atoms with Crippen molar-refractivity contribution in [1.29, 1.82) is 0 Å². The maximum Gasteiger partial charge on any atom is 0.191 e. The summed E-state index contributed by atoms with van der Waals surface area (Å²) in [6.45, 7) is 13.7. The Morgan fingerprint density at radius 1 is 1.03 bits per heavy atom. The minimum absolute atomic E-state index is 0.777. The molecule has 2 rings (SSSR count). The summed E-state index contributed by atoms with van der Waals surface area (Å²) < 4.78 is 5.10. The average Bonchev–Trinajstić information content (AvgIpc) is 2.78. The van der Waals surface area contributed by atoms with Crippen LogP contribution < -0.4 is 10.6 Å². The lowest BCUT2D eigenvalue weighted by Crippen LogP contribution is -2.45. The van der Waals surface area contributed by atoms with Crippen LogP contribution in [0.3, 0.4) is 0 Å². The summed E-state index contributed by atoms with van der Waals surface area (Å²) in [6.07, 6.45) is 1.06. The maximum absolute atomic E-state index is 5.10. The van der Waals surface area contributed by atoms with Crippen molar-refractivity contribution in [2.75, 3.05) is 80.2 Å². The second-order valence-corrected chi connectivity index (χ2v) is 8.03. The molecule has 30 heavy (non-hydrogen) atoms. The highest BCUT2D eigenvalue weighted by atomic mass is 16.5. The number of rotatable bonds is 12. The van der Waals surface area contributed by atoms with E-state index in [4.69, 9.17) is 4.74 Å². The molecule has 1 aromatic carbocycles. The van der Waals surface area contributed by atoms with Crippen LogP contribution in [0, 0.1) is 0 Å². The Hall–Kier alpha value is -1.67. The van der Waals surface area contributed by atoms with E-state index < -0.39 is 0 Å². The first-order valence-corrected chi connectivity index (χ1v) is 11.3. The highest BCUT2D eigenvalue weighted by molar-refractivity contribution is 5.79. The highest BCUT2D eigenvalue weighted by Crippen LogP contribution is 2.10. The van der Waals surface area contributed by atoms with Gasteiger partial charge in [0.15, 0.2) is 5.96 Å². The van der Waals surface area contributed by atoms with Gasteiger partial charge in [-0.05, 0) is 31.1 Å². The van der Waals surface area contributed by atoms with Gasteiger partial charge in [0.1, 0.15) is 0 Å². The van der Waals surface area contributed by atoms with E-state index in [1.165, 1.54) is 43.9 Å². The fourth-order valence-corrected chi connectivity index (χ4v) is 3.65. The van der Waals surface area contributed by atoms with Crippen molar-refractivity contribution < 1.29 is 4.74 Å². The van der Waals surface area contributed by atoms with Crippen molar-refractivity contribution >= 4 is 5.96 Å². The van der Waals surface area contributed by atoms with Gasteiger partial charge < -0.3 is 25.2 Å². The summed E-state index contributed by atoms with van der Waals surface area (Å²) in [4.78, 5) is 11.7. The minimum atomic E-state index is 0.777. The molecule has 0 bridgehead atoms. The van der Waals surface area contributed by atoms with Gasteiger partial charge in [0, 0.05) is 79.7 Å². The minimum Gasteiger partial charge on any atom is -0.385 e. The number of nitrogens with one attached hydrogen (secondary N) is 2. The molecule has 0 saturated carbocycles. The van der Waals surface area contributed by atoms with Crippen molar-refractivity contribution in [3.05, 3.63) is 35.4 Å². The Bertz CT molecular complexity index is 598. The number of methoxy groups -OCH3 is 1. The third-order valence-corrected chi connectivity index (χ3v) is 5.70. The van der Waals surface area contributed by atoms with Crippen molar-refractivity contribution in [3.8, 4) is 0 Å². The van der Waals surface area contributed by atoms with Crippen molar-refractivity contribution in [2.45, 2.75) is 26.4 Å². The number of guanidine groups is 1. The molecule has 1 aliphatic heterocycles. The molecule has 1 heterocycles. The third-order valence-electron chi connectivity index (χ3n) is 5.70. The number of benzene rings is 1. The first kappa shape index (κ1) is 24.6. The number of likely N-dealkylation sites (N-methyl/N-ethyl adjacent to an activating group) is 2. The summed E-state index contributed by atoms with van der Waals surface area (Å²) in [6, 6.07) is 8.96. The Labute approximate surface area is 183 Å². The van der Waals surface area contributed by atoms with E-state index in [9.17, 15) is 0 Å². The van der Waals surface area contributed by atoms with Gasteiger partial charge >= 0.3 is 0 Å². The largest absolute Gasteiger partial charge is 0.385 e. The van der Waals surface area contributed by atoms with Gasteiger partial charge in [-0.1, -0.05) is 31.2 Å². The van der Waals surface area contributed by atoms with E-state index in [1.807, 2.05) is 7.05 Å². The summed E-state index contributed by atoms with van der Waals surface area (Å²) >= 11 is 0. The first-order valence-electron chi connectivity index (χ1n) is 11.3. The molecule has 1 fully saturated rings. The lowest BCUT2D eigenvalue weighted by molar-refractivity contribution is 0.132. The summed E-state index contributed by atoms with van der Waals surface area (Å²) in [7, 11) is 5.71. The predicted molar refractivity (Wildman–Crippen MR) is 126 cm³/mol. The maximum atomic E-state index is 5.10. The van der Waals surface area contributed by atoms with Gasteiger partial charge in [0.2, 0.25) is 0 Å². The van der Waals surface area contributed by atoms with E-state index in [0.29, 0.717) is 0 Å². The fraction of sp³-hybridized carbons (Fsp3) is 0.696. The molecule has 0 amide bonds. The molecule has 170 valence electrons. The van der Waals surface area contributed by atoms with Crippen LogP contribution in [-0.2, 0) is 17.8 Å². The molecule has 0 atom stereocenters. The van der Waals surface area contributed by atoms with Crippen LogP contribution in [0.4, 0.5) is 0 Å². The van der Waals surface area contributed by atoms with Gasteiger partial charge in [-0.2, -0.15) is 0 Å². The van der Waals surface area contributed by atoms with Crippen LogP contribution in [0.25, 0.3) is 0 Å². The molecule has 0 aliphatic carbocycles. The van der Waals surface area contributed by atoms with Gasteiger partial charge in [0.05, 0.1) is 0 Å². The van der Waals surface area contributed by atoms with E-state index in [2.05, 4.69) is 68.6 Å². The first-order chi connectivity index (χ1) is 14.6. The summed E-state index contributed by atoms with van der Waals surface area (Å²) in [5.74, 6) is 0.846. The number of hydrogen-bond acceptors (Lipinski definition) is 5. The molecule has 2 N–H and O–H groups in total. The van der Waals surface area contributed by atoms with Crippen LogP contribution in [-0.4, -0.2) is 101 Å². The quantitative estimate of drug-likeness (QED) is 0.305. The number of piperazine rings is 1. The summed E-state index contributed by atoms with van der Waals surface area (Å²) in [5.41, 5.74) is 2.66. The van der Waals surface area contributed by atoms with Crippen LogP contribution >= 0.6 is 0 Å². The Kier molecular flexibility index (Phi) is 11.8. The normalized spacial score (nSPS) is 16.2. The van der Waals surface area contributed by atoms with Gasteiger partial charge in [-0.15, -0.1) is 0 Å². The number of nitrogens with zero attached hydrogens (tertiary/aromatic N) is 4. The van der Waals surface area contributed by atoms with Gasteiger partial charge in [-0.25, -0.2) is 0 Å². The van der Waals surface area contributed by atoms with Crippen LogP contribution in [0.15, 0.2) is 29.3 Å². The summed E-state index contributed by atoms with van der Waals surface area (Å²) in [5, 5.41) is 6.80. The molecule has 0 aromatic heterocycles. The fourth-order valence-electron chi connectivity index (χ4n) is 3.65. The smallest absolute Gasteiger partial charge is 0.191 e. The lowest BCUT2D eigenvalue weighted by Gasteiger charge is -2.34. The van der Waals surface area contributed by atoms with Crippen molar-refractivity contribution in [1.82, 2.24) is 25.3 Å². The highest BCUT2D eigenvalue weighted by Gasteiger charge is 2.15. The van der Waals surface area contributed by atoms with Crippen molar-refractivity contribution in [3.63, 3.8) is 0 Å². The predicted octanol–water partition coefficient (Wildman–Crippen LogP) is 1.46. The van der Waals surface area contributed by atoms with E-state index in [1.54, 1.807) is 7.11 Å². The van der Waals surface area contributed by atoms with Crippen LogP contribution in [0.5, 0.6) is 0 Å². The second kappa shape index (κ2) is 14.4. The molecular weight excluding hydrogens is 376 g/mol. The average molecular weight is 419 g/mol. The van der Waals surface area contributed by atoms with Crippen LogP contribution in [0.1, 0.15) is 24.5 Å². The molecule has 7 nitrogen and oxygen atoms in total. The molecule has 0 unspecified atom stereocenters. The number of aliphatic imine (C=N–C) groups is 1. The van der Waals surface area contributed by atoms with E-state index in [-0.39, 0.29) is 0 Å². The zero-order valence-electron chi connectivity index (χ0n) is 19.5. The Morgan fingerprint density at radius 2 is 1.70 bits per heavy atom. The topological polar surface area (TPSA) is 55.4 Å². The van der Waals surface area contributed by atoms with Crippen molar-refractivity contribution in [2.24, 2.45) is 4.99 Å². The Morgan fingerprint density at radius 3 is 2.33 bits per heavy atom. The van der Waals surface area contributed by atoms with Gasteiger partial charge in [0.25, 0.3) is 0 Å². The number of hydrogen-bond donors (Lipinski definition) is 2.